The van der Waals surface area contributed by atoms with Crippen molar-refractivity contribution in [1.29, 1.82) is 0 Å². The maximum atomic E-state index is 5.61. The molecule has 0 unspecified atom stereocenters. The Hall–Kier alpha value is -2.66. The number of nitrogens with two attached hydrogens (primary N) is 1. The largest absolute Gasteiger partial charge is 0.494 e. The molecule has 5 heteroatoms. The first kappa shape index (κ1) is 16.2. The summed E-state index contributed by atoms with van der Waals surface area (Å²) in [6.45, 7) is 3.18. The first-order valence-electron chi connectivity index (χ1n) is 8.12. The second-order valence-electron chi connectivity index (χ2n) is 5.49. The van der Waals surface area contributed by atoms with Crippen LogP contribution in [0.25, 0.3) is 11.4 Å². The fourth-order valence-corrected chi connectivity index (χ4v) is 2.43. The van der Waals surface area contributed by atoms with E-state index in [9.17, 15) is 0 Å². The minimum atomic E-state index is 0.528. The second-order valence-corrected chi connectivity index (χ2v) is 5.49. The zero-order chi connectivity index (χ0) is 16.8. The van der Waals surface area contributed by atoms with Gasteiger partial charge < -0.3 is 15.0 Å². The summed E-state index contributed by atoms with van der Waals surface area (Å²) in [5, 5.41) is 4.06. The minimum Gasteiger partial charge on any atom is -0.494 e. The number of ether oxygens (including phenoxy) is 1. The molecule has 0 amide bonds. The average molecular weight is 323 g/mol. The Morgan fingerprint density at radius 2 is 1.67 bits per heavy atom. The van der Waals surface area contributed by atoms with E-state index in [2.05, 4.69) is 22.3 Å². The monoisotopic (exact) mass is 323 g/mol. The highest BCUT2D eigenvalue weighted by Gasteiger charge is 2.09. The van der Waals surface area contributed by atoms with E-state index in [1.165, 1.54) is 5.56 Å². The molecule has 5 nitrogen and oxygen atoms in total. The molecule has 0 fully saturated rings. The lowest BCUT2D eigenvalue weighted by Gasteiger charge is -2.03. The van der Waals surface area contributed by atoms with Crippen LogP contribution in [0.1, 0.15) is 23.9 Å². The van der Waals surface area contributed by atoms with Crippen LogP contribution in [0.3, 0.4) is 0 Å². The van der Waals surface area contributed by atoms with E-state index in [0.29, 0.717) is 31.3 Å². The normalized spacial score (nSPS) is 10.8. The molecule has 0 bridgehead atoms. The van der Waals surface area contributed by atoms with Gasteiger partial charge in [0.15, 0.2) is 0 Å². The van der Waals surface area contributed by atoms with Crippen LogP contribution in [0.5, 0.6) is 5.75 Å². The van der Waals surface area contributed by atoms with Crippen molar-refractivity contribution in [2.24, 2.45) is 5.73 Å². The Kier molecular flexibility index (Phi) is 5.23. The molecular weight excluding hydrogens is 302 g/mol. The topological polar surface area (TPSA) is 74.2 Å². The van der Waals surface area contributed by atoms with Crippen LogP contribution in [-0.4, -0.2) is 16.7 Å². The van der Waals surface area contributed by atoms with Gasteiger partial charge in [0.1, 0.15) is 5.75 Å². The fraction of sp³-hybridized carbons (Fsp3) is 0.263. The molecule has 2 N–H and O–H groups in total. The molecular formula is C19H21N3O2. The van der Waals surface area contributed by atoms with E-state index in [1.807, 2.05) is 43.3 Å². The molecule has 2 aromatic carbocycles. The van der Waals surface area contributed by atoms with Crippen LogP contribution in [0.2, 0.25) is 0 Å². The van der Waals surface area contributed by atoms with Crippen molar-refractivity contribution in [3.05, 3.63) is 65.5 Å². The zero-order valence-corrected chi connectivity index (χ0v) is 13.7. The number of benzene rings is 2. The number of rotatable bonds is 7. The van der Waals surface area contributed by atoms with Crippen LogP contribution in [0.15, 0.2) is 53.1 Å². The Morgan fingerprint density at radius 3 is 2.33 bits per heavy atom. The molecule has 3 rings (SSSR count). The third-order valence-electron chi connectivity index (χ3n) is 3.78. The first-order chi connectivity index (χ1) is 11.8. The molecule has 3 aromatic rings. The van der Waals surface area contributed by atoms with E-state index in [4.69, 9.17) is 15.0 Å². The summed E-state index contributed by atoms with van der Waals surface area (Å²) in [7, 11) is 0. The molecule has 1 aromatic heterocycles. The summed E-state index contributed by atoms with van der Waals surface area (Å²) in [4.78, 5) is 4.46. The molecule has 24 heavy (non-hydrogen) atoms. The molecule has 124 valence electrons. The highest BCUT2D eigenvalue weighted by atomic mass is 16.5. The summed E-state index contributed by atoms with van der Waals surface area (Å²) in [6.07, 6.45) is 1.56. The molecule has 0 atom stereocenters. The SMILES string of the molecule is CCOc1ccc(CCc2nc(-c3ccc(CN)cc3)no2)cc1. The lowest BCUT2D eigenvalue weighted by molar-refractivity contribution is 0.340. The summed E-state index contributed by atoms with van der Waals surface area (Å²) in [5.41, 5.74) is 8.83. The molecule has 1 heterocycles. The molecule has 0 aliphatic rings. The molecule has 0 radical (unpaired) electrons. The van der Waals surface area contributed by atoms with Crippen LogP contribution >= 0.6 is 0 Å². The van der Waals surface area contributed by atoms with Gasteiger partial charge in [-0.15, -0.1) is 0 Å². The molecule has 0 spiro atoms. The Morgan fingerprint density at radius 1 is 0.958 bits per heavy atom. The van der Waals surface area contributed by atoms with Gasteiger partial charge in [0.2, 0.25) is 11.7 Å². The molecule has 0 saturated carbocycles. The molecule has 0 aliphatic heterocycles. The summed E-state index contributed by atoms with van der Waals surface area (Å²) in [5.74, 6) is 2.14. The van der Waals surface area contributed by atoms with Crippen LogP contribution < -0.4 is 10.5 Å². The van der Waals surface area contributed by atoms with Gasteiger partial charge in [-0.05, 0) is 36.6 Å². The third-order valence-corrected chi connectivity index (χ3v) is 3.78. The second kappa shape index (κ2) is 7.75. The van der Waals surface area contributed by atoms with E-state index >= 15 is 0 Å². The van der Waals surface area contributed by atoms with E-state index in [0.717, 1.165) is 23.3 Å². The standard InChI is InChI=1S/C19H21N3O2/c1-2-23-17-10-5-14(6-11-17)7-12-18-21-19(22-24-18)16-8-3-15(13-20)4-9-16/h3-6,8-11H,2,7,12-13,20H2,1H3. The highest BCUT2D eigenvalue weighted by Crippen LogP contribution is 2.18. The first-order valence-corrected chi connectivity index (χ1v) is 8.12. The Balaban J connectivity index is 1.61. The maximum Gasteiger partial charge on any atom is 0.227 e. The smallest absolute Gasteiger partial charge is 0.227 e. The fourth-order valence-electron chi connectivity index (χ4n) is 2.43. The number of hydrogen-bond acceptors (Lipinski definition) is 5. The van der Waals surface area contributed by atoms with Crippen molar-refractivity contribution in [1.82, 2.24) is 10.1 Å². The van der Waals surface area contributed by atoms with Crippen molar-refractivity contribution in [3.8, 4) is 17.1 Å². The van der Waals surface area contributed by atoms with Crippen molar-refractivity contribution >= 4 is 0 Å². The van der Waals surface area contributed by atoms with Crippen molar-refractivity contribution < 1.29 is 9.26 Å². The van der Waals surface area contributed by atoms with Gasteiger partial charge in [-0.25, -0.2) is 0 Å². The average Bonchev–Trinajstić information content (AvgIpc) is 3.10. The molecule has 0 aliphatic carbocycles. The van der Waals surface area contributed by atoms with Gasteiger partial charge >= 0.3 is 0 Å². The van der Waals surface area contributed by atoms with Gasteiger partial charge in [0, 0.05) is 18.5 Å². The van der Waals surface area contributed by atoms with Crippen molar-refractivity contribution in [3.63, 3.8) is 0 Å². The quantitative estimate of drug-likeness (QED) is 0.721. The van der Waals surface area contributed by atoms with Crippen molar-refractivity contribution in [2.75, 3.05) is 6.61 Å². The molecule has 0 saturated heterocycles. The maximum absolute atomic E-state index is 5.61. The highest BCUT2D eigenvalue weighted by molar-refractivity contribution is 5.54. The van der Waals surface area contributed by atoms with E-state index < -0.39 is 0 Å². The summed E-state index contributed by atoms with van der Waals surface area (Å²) >= 11 is 0. The van der Waals surface area contributed by atoms with Gasteiger partial charge in [0.25, 0.3) is 0 Å². The third kappa shape index (κ3) is 4.00. The number of aryl methyl sites for hydroxylation is 2. The predicted molar refractivity (Wildman–Crippen MR) is 92.6 cm³/mol. The van der Waals surface area contributed by atoms with Gasteiger partial charge in [-0.1, -0.05) is 41.6 Å². The van der Waals surface area contributed by atoms with Gasteiger partial charge in [0.05, 0.1) is 6.61 Å². The van der Waals surface area contributed by atoms with Crippen LogP contribution in [-0.2, 0) is 19.4 Å². The van der Waals surface area contributed by atoms with E-state index in [1.54, 1.807) is 0 Å². The summed E-state index contributed by atoms with van der Waals surface area (Å²) < 4.78 is 10.8. The number of aromatic nitrogens is 2. The Labute approximate surface area is 141 Å². The summed E-state index contributed by atoms with van der Waals surface area (Å²) in [6, 6.07) is 16.0. The van der Waals surface area contributed by atoms with Crippen LogP contribution in [0.4, 0.5) is 0 Å². The van der Waals surface area contributed by atoms with Gasteiger partial charge in [-0.3, -0.25) is 0 Å². The number of nitrogens with zero attached hydrogens (tertiary/aromatic N) is 2. The van der Waals surface area contributed by atoms with E-state index in [-0.39, 0.29) is 0 Å². The van der Waals surface area contributed by atoms with Crippen molar-refractivity contribution in [2.45, 2.75) is 26.3 Å². The number of hydrogen-bond donors (Lipinski definition) is 1. The minimum absolute atomic E-state index is 0.528. The van der Waals surface area contributed by atoms with Gasteiger partial charge in [-0.2, -0.15) is 4.98 Å². The lowest BCUT2D eigenvalue weighted by atomic mass is 10.1. The van der Waals surface area contributed by atoms with Crippen LogP contribution in [0, 0.1) is 0 Å². The predicted octanol–water partition coefficient (Wildman–Crippen LogP) is 3.38. The Bertz CT molecular complexity index is 764. The lowest BCUT2D eigenvalue weighted by Crippen LogP contribution is -1.95. The zero-order valence-electron chi connectivity index (χ0n) is 13.7.